The molecule has 0 N–H and O–H groups in total. The molecule has 2 rings (SSSR count). The normalized spacial score (nSPS) is 21.6. The first-order valence-electron chi connectivity index (χ1n) is 9.44. The van der Waals surface area contributed by atoms with Crippen LogP contribution in [0.3, 0.4) is 0 Å². The predicted molar refractivity (Wildman–Crippen MR) is 109 cm³/mol. The summed E-state index contributed by atoms with van der Waals surface area (Å²) in [5.74, 6) is -0.715. The van der Waals surface area contributed by atoms with Crippen LogP contribution in [-0.2, 0) is 20.9 Å². The van der Waals surface area contributed by atoms with Crippen LogP contribution in [0.15, 0.2) is 40.0 Å². The maximum atomic E-state index is 2.63. The topological polar surface area (TPSA) is 0 Å². The maximum absolute atomic E-state index is 2.63. The Hall–Kier alpha value is -0.0800. The maximum Gasteiger partial charge on any atom is -1.00 e. The third-order valence-corrected chi connectivity index (χ3v) is 27.9. The molecule has 2 aliphatic rings. The van der Waals surface area contributed by atoms with Crippen molar-refractivity contribution < 1.29 is 30.3 Å². The third kappa shape index (κ3) is 3.50. The van der Waals surface area contributed by atoms with Crippen LogP contribution in [0.4, 0.5) is 0 Å². The molecule has 0 fully saturated rings. The van der Waals surface area contributed by atoms with Crippen molar-refractivity contribution in [2.24, 2.45) is 10.8 Å². The summed E-state index contributed by atoms with van der Waals surface area (Å²) in [4.78, 5) is 0. The molecule has 0 atom stereocenters. The van der Waals surface area contributed by atoms with Gasteiger partial charge in [-0.3, -0.25) is 0 Å². The first kappa shape index (κ1) is 25.9. The van der Waals surface area contributed by atoms with Gasteiger partial charge in [-0.15, -0.1) is 0 Å². The Morgan fingerprint density at radius 2 is 0.846 bits per heavy atom. The summed E-state index contributed by atoms with van der Waals surface area (Å²) in [5, 5.41) is 0. The van der Waals surface area contributed by atoms with Crippen LogP contribution in [-0.4, -0.2) is 5.92 Å². The Morgan fingerprint density at radius 3 is 1.00 bits per heavy atom. The Balaban J connectivity index is 0.00000312. The van der Waals surface area contributed by atoms with E-state index < -0.39 is 26.8 Å². The summed E-state index contributed by atoms with van der Waals surface area (Å²) in [6.45, 7) is 29.6. The van der Waals surface area contributed by atoms with Crippen LogP contribution in [0.5, 0.6) is 0 Å². The van der Waals surface area contributed by atoms with Gasteiger partial charge in [-0.05, 0) is 0 Å². The first-order valence-corrected chi connectivity index (χ1v) is 19.0. The van der Waals surface area contributed by atoms with Crippen molar-refractivity contribution in [1.29, 1.82) is 0 Å². The minimum Gasteiger partial charge on any atom is -1.00 e. The van der Waals surface area contributed by atoms with Crippen molar-refractivity contribution >= 4 is 5.92 Å². The predicted octanol–water partition coefficient (Wildman–Crippen LogP) is 0.896. The molecule has 0 amide bonds. The standard InChI is InChI=1S/2C10H15.C2H7Si.2FH.Zr/c2*1-7-6-10(4,5)9(3)8(7)2;1-3-2;;;/h2*1-5H3;3H,1-2H3;2*1H;/q;;;;;+2/p-2. The monoisotopic (exact) mass is 457 g/mol. The summed E-state index contributed by atoms with van der Waals surface area (Å²) in [6.07, 6.45) is 0. The quantitative estimate of drug-likeness (QED) is 0.551. The van der Waals surface area contributed by atoms with E-state index in [0.717, 1.165) is 0 Å². The number of halogens is 2. The van der Waals surface area contributed by atoms with Gasteiger partial charge >= 0.3 is 160 Å². The van der Waals surface area contributed by atoms with Crippen molar-refractivity contribution in [3.63, 3.8) is 0 Å². The Labute approximate surface area is 168 Å². The molecule has 4 heteroatoms. The molecule has 0 bridgehead atoms. The second-order valence-corrected chi connectivity index (χ2v) is 28.1. The minimum atomic E-state index is -1.86. The van der Waals surface area contributed by atoms with E-state index in [1.54, 1.807) is 33.4 Å². The summed E-state index contributed by atoms with van der Waals surface area (Å²) in [6, 6.07) is 0. The number of rotatable bonds is 3. The van der Waals surface area contributed by atoms with E-state index in [0.29, 0.717) is 0 Å². The molecule has 0 aliphatic heterocycles. The van der Waals surface area contributed by atoms with E-state index >= 15 is 0 Å². The SMILES string of the molecule is CC1=C(C)C(C)(C)[C]([Zr+2]([C]2=C(C)C(C)=C(C)C2(C)C)[SiH](C)C)=C1C.[F-].[F-]. The molecule has 2 aliphatic carbocycles. The van der Waals surface area contributed by atoms with Crippen LogP contribution in [0.2, 0.25) is 13.1 Å². The van der Waals surface area contributed by atoms with E-state index in [2.05, 4.69) is 82.3 Å². The van der Waals surface area contributed by atoms with Gasteiger partial charge in [0.15, 0.2) is 0 Å². The van der Waals surface area contributed by atoms with Gasteiger partial charge in [0.1, 0.15) is 0 Å². The van der Waals surface area contributed by atoms with Gasteiger partial charge in [-0.2, -0.15) is 0 Å². The molecular formula is C22H37F2SiZr. The van der Waals surface area contributed by atoms with Crippen molar-refractivity contribution in [1.82, 2.24) is 0 Å². The van der Waals surface area contributed by atoms with Gasteiger partial charge in [0.05, 0.1) is 0 Å². The van der Waals surface area contributed by atoms with E-state index in [4.69, 9.17) is 0 Å². The van der Waals surface area contributed by atoms with Crippen molar-refractivity contribution in [3.05, 3.63) is 40.0 Å². The average Bonchev–Trinajstić information content (AvgIpc) is 2.71. The van der Waals surface area contributed by atoms with Crippen LogP contribution >= 0.6 is 0 Å². The van der Waals surface area contributed by atoms with Crippen molar-refractivity contribution in [3.8, 4) is 0 Å². The first-order chi connectivity index (χ1) is 10.8. The molecular weight excluding hydrogens is 422 g/mol. The van der Waals surface area contributed by atoms with Crippen molar-refractivity contribution in [2.75, 3.05) is 0 Å². The molecule has 0 aromatic heterocycles. The molecule has 0 saturated heterocycles. The summed E-state index contributed by atoms with van der Waals surface area (Å²) < 4.78 is 3.85. The van der Waals surface area contributed by atoms with Crippen LogP contribution < -0.4 is 9.41 Å². The second kappa shape index (κ2) is 8.11. The molecule has 0 aromatic carbocycles. The van der Waals surface area contributed by atoms with E-state index in [9.17, 15) is 0 Å². The minimum absolute atomic E-state index is 0. The molecule has 26 heavy (non-hydrogen) atoms. The Bertz CT molecular complexity index is 660. The van der Waals surface area contributed by atoms with Crippen LogP contribution in [0.25, 0.3) is 0 Å². The number of allylic oxidation sites excluding steroid dienone is 8. The zero-order valence-electron chi connectivity index (χ0n) is 18.8. The molecule has 0 radical (unpaired) electrons. The molecule has 0 unspecified atom stereocenters. The average molecular weight is 459 g/mol. The van der Waals surface area contributed by atoms with Crippen LogP contribution in [0, 0.1) is 10.8 Å². The van der Waals surface area contributed by atoms with Crippen LogP contribution in [0.1, 0.15) is 69.2 Å². The summed E-state index contributed by atoms with van der Waals surface area (Å²) >= 11 is -1.86. The van der Waals surface area contributed by atoms with Gasteiger partial charge in [0.2, 0.25) is 0 Å². The van der Waals surface area contributed by atoms with Crippen molar-refractivity contribution in [2.45, 2.75) is 82.3 Å². The summed E-state index contributed by atoms with van der Waals surface area (Å²) in [5.41, 5.74) is 10.3. The zero-order valence-corrected chi connectivity index (χ0v) is 22.4. The number of hydrogen-bond acceptors (Lipinski definition) is 0. The van der Waals surface area contributed by atoms with Gasteiger partial charge in [0, 0.05) is 0 Å². The van der Waals surface area contributed by atoms with E-state index in [-0.39, 0.29) is 20.2 Å². The van der Waals surface area contributed by atoms with E-state index in [1.807, 2.05) is 6.56 Å². The fourth-order valence-electron chi connectivity index (χ4n) is 4.97. The fraction of sp³-hybridized carbons (Fsp3) is 0.636. The molecule has 0 heterocycles. The smallest absolute Gasteiger partial charge is 1.00 e. The molecule has 147 valence electrons. The molecule has 0 saturated carbocycles. The number of hydrogen-bond donors (Lipinski definition) is 0. The Morgan fingerprint density at radius 1 is 0.577 bits per heavy atom. The second-order valence-electron chi connectivity index (χ2n) is 9.32. The van der Waals surface area contributed by atoms with E-state index in [1.165, 1.54) is 0 Å². The summed E-state index contributed by atoms with van der Waals surface area (Å²) in [7, 11) is 0. The largest absolute Gasteiger partial charge is 1.00 e. The third-order valence-electron chi connectivity index (χ3n) is 7.24. The molecule has 0 nitrogen and oxygen atoms in total. The molecule has 0 aromatic rings. The fourth-order valence-corrected chi connectivity index (χ4v) is 29.2. The van der Waals surface area contributed by atoms with Gasteiger partial charge in [-0.1, -0.05) is 0 Å². The van der Waals surface area contributed by atoms with Gasteiger partial charge in [0.25, 0.3) is 0 Å². The van der Waals surface area contributed by atoms with Gasteiger partial charge in [-0.25, -0.2) is 0 Å². The zero-order chi connectivity index (χ0) is 18.8. The Kier molecular flexibility index (Phi) is 8.09. The molecule has 0 spiro atoms. The van der Waals surface area contributed by atoms with Gasteiger partial charge < -0.3 is 9.41 Å².